The summed E-state index contributed by atoms with van der Waals surface area (Å²) in [5, 5.41) is 3.54. The molecule has 96 valence electrons. The van der Waals surface area contributed by atoms with E-state index in [1.807, 2.05) is 0 Å². The molecule has 18 heavy (non-hydrogen) atoms. The van der Waals surface area contributed by atoms with Crippen LogP contribution in [-0.4, -0.2) is 27.8 Å². The van der Waals surface area contributed by atoms with E-state index in [-0.39, 0.29) is 11.8 Å². The maximum Gasteiger partial charge on any atom is 0.199 e. The van der Waals surface area contributed by atoms with Crippen LogP contribution in [0.25, 0.3) is 0 Å². The summed E-state index contributed by atoms with van der Waals surface area (Å²) >= 11 is 0. The number of aromatic nitrogens is 2. The molecule has 1 aromatic rings. The molecule has 1 N–H and O–H groups in total. The van der Waals surface area contributed by atoms with E-state index in [1.54, 1.807) is 18.6 Å². The van der Waals surface area contributed by atoms with Crippen LogP contribution in [0.4, 0.5) is 0 Å². The lowest BCUT2D eigenvalue weighted by atomic mass is 9.77. The van der Waals surface area contributed by atoms with Crippen LogP contribution < -0.4 is 5.32 Å². The molecule has 1 aliphatic carbocycles. The highest BCUT2D eigenvalue weighted by Crippen LogP contribution is 2.32. The van der Waals surface area contributed by atoms with Gasteiger partial charge in [-0.3, -0.25) is 9.78 Å². The van der Waals surface area contributed by atoms with Crippen LogP contribution in [-0.2, 0) is 0 Å². The quantitative estimate of drug-likeness (QED) is 0.809. The highest BCUT2D eigenvalue weighted by Gasteiger charge is 2.34. The van der Waals surface area contributed by atoms with Gasteiger partial charge in [0.15, 0.2) is 5.78 Å². The zero-order valence-electron chi connectivity index (χ0n) is 10.5. The molecule has 0 amide bonds. The van der Waals surface area contributed by atoms with Gasteiger partial charge in [0.2, 0.25) is 0 Å². The Kier molecular flexibility index (Phi) is 3.37. The first-order valence-corrected chi connectivity index (χ1v) is 6.91. The van der Waals surface area contributed by atoms with Gasteiger partial charge in [0.25, 0.3) is 0 Å². The summed E-state index contributed by atoms with van der Waals surface area (Å²) in [5.74, 6) is 0.886. The van der Waals surface area contributed by atoms with Crippen LogP contribution in [0, 0.1) is 5.92 Å². The van der Waals surface area contributed by atoms with E-state index in [2.05, 4.69) is 15.3 Å². The summed E-state index contributed by atoms with van der Waals surface area (Å²) in [6.45, 7) is 0. The maximum atomic E-state index is 12.3. The predicted octanol–water partition coefficient (Wildman–Crippen LogP) is 1.97. The molecular weight excluding hydrogens is 226 g/mol. The largest absolute Gasteiger partial charge is 0.304 e. The Morgan fingerprint density at radius 2 is 2.06 bits per heavy atom. The number of carbonyl (C=O) groups is 1. The molecule has 0 bridgehead atoms. The smallest absolute Gasteiger partial charge is 0.199 e. The van der Waals surface area contributed by atoms with Crippen molar-refractivity contribution in [1.29, 1.82) is 0 Å². The first kappa shape index (κ1) is 11.8. The molecular formula is C14H19N3O. The fourth-order valence-electron chi connectivity index (χ4n) is 3.31. The molecule has 4 heteroatoms. The topological polar surface area (TPSA) is 54.9 Å². The third-order valence-corrected chi connectivity index (χ3v) is 4.28. The van der Waals surface area contributed by atoms with Gasteiger partial charge in [-0.15, -0.1) is 0 Å². The number of Topliss-reactive ketones (excluding diaryl/α,β-unsaturated/α-hetero) is 1. The van der Waals surface area contributed by atoms with E-state index in [0.29, 0.717) is 11.7 Å². The molecule has 2 heterocycles. The van der Waals surface area contributed by atoms with Crippen molar-refractivity contribution in [2.45, 2.75) is 50.6 Å². The van der Waals surface area contributed by atoms with Gasteiger partial charge < -0.3 is 5.32 Å². The SMILES string of the molecule is O=C(c1cnccn1)C1CCC2CCCCC2N1. The molecule has 0 aromatic carbocycles. The maximum absolute atomic E-state index is 12.3. The third kappa shape index (κ3) is 2.29. The van der Waals surface area contributed by atoms with Crippen molar-refractivity contribution in [2.24, 2.45) is 5.92 Å². The zero-order chi connectivity index (χ0) is 12.4. The van der Waals surface area contributed by atoms with Crippen molar-refractivity contribution < 1.29 is 4.79 Å². The third-order valence-electron chi connectivity index (χ3n) is 4.28. The Hall–Kier alpha value is -1.29. The molecule has 2 fully saturated rings. The summed E-state index contributed by atoms with van der Waals surface area (Å²) in [7, 11) is 0. The normalized spacial score (nSPS) is 31.7. The van der Waals surface area contributed by atoms with E-state index < -0.39 is 0 Å². The summed E-state index contributed by atoms with van der Waals surface area (Å²) in [6, 6.07) is 0.485. The number of nitrogens with zero attached hydrogens (tertiary/aromatic N) is 2. The van der Waals surface area contributed by atoms with Crippen LogP contribution in [0.15, 0.2) is 18.6 Å². The van der Waals surface area contributed by atoms with Crippen molar-refractivity contribution in [2.75, 3.05) is 0 Å². The lowest BCUT2D eigenvalue weighted by Crippen LogP contribution is -2.52. The van der Waals surface area contributed by atoms with Crippen LogP contribution in [0.3, 0.4) is 0 Å². The van der Waals surface area contributed by atoms with E-state index in [0.717, 1.165) is 12.3 Å². The van der Waals surface area contributed by atoms with Crippen molar-refractivity contribution >= 4 is 5.78 Å². The minimum Gasteiger partial charge on any atom is -0.304 e. The van der Waals surface area contributed by atoms with Crippen LogP contribution >= 0.6 is 0 Å². The lowest BCUT2D eigenvalue weighted by molar-refractivity contribution is 0.0856. The van der Waals surface area contributed by atoms with Gasteiger partial charge in [0, 0.05) is 18.4 Å². The first-order valence-electron chi connectivity index (χ1n) is 6.91. The van der Waals surface area contributed by atoms with Crippen LogP contribution in [0.1, 0.15) is 49.0 Å². The highest BCUT2D eigenvalue weighted by atomic mass is 16.1. The van der Waals surface area contributed by atoms with E-state index >= 15 is 0 Å². The standard InChI is InChI=1S/C14H19N3O/c18-14(13-9-15-7-8-16-13)12-6-5-10-3-1-2-4-11(10)17-12/h7-12,17H,1-6H2. The Bertz CT molecular complexity index is 420. The molecule has 4 nitrogen and oxygen atoms in total. The number of piperidine rings is 1. The Morgan fingerprint density at radius 1 is 1.17 bits per heavy atom. The van der Waals surface area contributed by atoms with Gasteiger partial charge in [-0.25, -0.2) is 4.98 Å². The monoisotopic (exact) mass is 245 g/mol. The first-order chi connectivity index (χ1) is 8.84. The number of ketones is 1. The second kappa shape index (κ2) is 5.14. The van der Waals surface area contributed by atoms with Crippen LogP contribution in [0.5, 0.6) is 0 Å². The zero-order valence-corrected chi connectivity index (χ0v) is 10.5. The molecule has 1 saturated carbocycles. The second-order valence-electron chi connectivity index (χ2n) is 5.40. The number of fused-ring (bicyclic) bond motifs is 1. The minimum absolute atomic E-state index is 0.0546. The molecule has 1 saturated heterocycles. The van der Waals surface area contributed by atoms with Gasteiger partial charge in [-0.2, -0.15) is 0 Å². The van der Waals surface area contributed by atoms with E-state index in [4.69, 9.17) is 0 Å². The Balaban J connectivity index is 1.69. The second-order valence-corrected chi connectivity index (χ2v) is 5.40. The summed E-state index contributed by atoms with van der Waals surface area (Å²) < 4.78 is 0. The van der Waals surface area contributed by atoms with E-state index in [1.165, 1.54) is 32.1 Å². The minimum atomic E-state index is -0.0546. The summed E-state index contributed by atoms with van der Waals surface area (Å²) in [5.41, 5.74) is 0.490. The molecule has 0 radical (unpaired) electrons. The molecule has 1 aliphatic heterocycles. The van der Waals surface area contributed by atoms with Crippen LogP contribution in [0.2, 0.25) is 0 Å². The number of carbonyl (C=O) groups excluding carboxylic acids is 1. The molecule has 3 atom stereocenters. The van der Waals surface area contributed by atoms with Gasteiger partial charge in [0.05, 0.1) is 12.2 Å². The van der Waals surface area contributed by atoms with E-state index in [9.17, 15) is 4.79 Å². The molecule has 0 spiro atoms. The predicted molar refractivity (Wildman–Crippen MR) is 68.3 cm³/mol. The van der Waals surface area contributed by atoms with Gasteiger partial charge in [-0.1, -0.05) is 12.8 Å². The van der Waals surface area contributed by atoms with Crippen molar-refractivity contribution in [3.63, 3.8) is 0 Å². The average Bonchev–Trinajstić information content (AvgIpc) is 2.47. The Morgan fingerprint density at radius 3 is 2.89 bits per heavy atom. The van der Waals surface area contributed by atoms with Crippen molar-refractivity contribution in [3.8, 4) is 0 Å². The lowest BCUT2D eigenvalue weighted by Gasteiger charge is -2.39. The number of rotatable bonds is 2. The highest BCUT2D eigenvalue weighted by molar-refractivity contribution is 5.98. The van der Waals surface area contributed by atoms with Crippen molar-refractivity contribution in [1.82, 2.24) is 15.3 Å². The molecule has 3 unspecified atom stereocenters. The molecule has 1 aromatic heterocycles. The van der Waals surface area contributed by atoms with Gasteiger partial charge in [-0.05, 0) is 31.6 Å². The van der Waals surface area contributed by atoms with Crippen molar-refractivity contribution in [3.05, 3.63) is 24.3 Å². The Labute approximate surface area is 107 Å². The molecule has 3 rings (SSSR count). The summed E-state index contributed by atoms with van der Waals surface area (Å²) in [6.07, 6.45) is 12.0. The fourth-order valence-corrected chi connectivity index (χ4v) is 3.31. The average molecular weight is 245 g/mol. The van der Waals surface area contributed by atoms with Gasteiger partial charge >= 0.3 is 0 Å². The number of nitrogens with one attached hydrogen (secondary N) is 1. The fraction of sp³-hybridized carbons (Fsp3) is 0.643. The summed E-state index contributed by atoms with van der Waals surface area (Å²) in [4.78, 5) is 20.4. The number of hydrogen-bond acceptors (Lipinski definition) is 4. The molecule has 2 aliphatic rings. The van der Waals surface area contributed by atoms with Gasteiger partial charge in [0.1, 0.15) is 5.69 Å². The number of hydrogen-bond donors (Lipinski definition) is 1.